The van der Waals surface area contributed by atoms with Gasteiger partial charge in [-0.2, -0.15) is 0 Å². The SMILES string of the molecule is CN1CCN(c2ccc(CNC(=O)CCCCCCN)cn2)CC1. The molecule has 1 fully saturated rings. The summed E-state index contributed by atoms with van der Waals surface area (Å²) in [5.74, 6) is 1.14. The molecule has 0 radical (unpaired) electrons. The molecule has 1 saturated heterocycles. The summed E-state index contributed by atoms with van der Waals surface area (Å²) in [7, 11) is 2.15. The molecule has 2 rings (SSSR count). The van der Waals surface area contributed by atoms with E-state index in [0.717, 1.165) is 69.8 Å². The number of nitrogens with two attached hydrogens (primary N) is 1. The largest absolute Gasteiger partial charge is 0.354 e. The second-order valence-corrected chi connectivity index (χ2v) is 6.54. The van der Waals surface area contributed by atoms with Crippen LogP contribution in [0.3, 0.4) is 0 Å². The van der Waals surface area contributed by atoms with E-state index in [4.69, 9.17) is 5.73 Å². The van der Waals surface area contributed by atoms with Crippen LogP contribution in [0.2, 0.25) is 0 Å². The minimum absolute atomic E-state index is 0.117. The zero-order chi connectivity index (χ0) is 17.2. The number of unbranched alkanes of at least 4 members (excludes halogenated alkanes) is 3. The summed E-state index contributed by atoms with van der Waals surface area (Å²) in [5, 5.41) is 2.97. The Bertz CT molecular complexity index is 483. The molecule has 24 heavy (non-hydrogen) atoms. The van der Waals surface area contributed by atoms with Crippen molar-refractivity contribution >= 4 is 11.7 Å². The number of rotatable bonds is 9. The second-order valence-electron chi connectivity index (χ2n) is 6.54. The molecular weight excluding hydrogens is 302 g/mol. The van der Waals surface area contributed by atoms with Crippen molar-refractivity contribution < 1.29 is 4.79 Å². The number of likely N-dealkylation sites (N-methyl/N-ethyl adjacent to an activating group) is 1. The fraction of sp³-hybridized carbons (Fsp3) is 0.667. The van der Waals surface area contributed by atoms with Crippen molar-refractivity contribution in [2.45, 2.75) is 38.6 Å². The zero-order valence-electron chi connectivity index (χ0n) is 14.8. The third-order valence-corrected chi connectivity index (χ3v) is 4.48. The van der Waals surface area contributed by atoms with Crippen LogP contribution in [0.15, 0.2) is 18.3 Å². The van der Waals surface area contributed by atoms with Gasteiger partial charge in [-0.15, -0.1) is 0 Å². The summed E-state index contributed by atoms with van der Waals surface area (Å²) in [6, 6.07) is 4.11. The zero-order valence-corrected chi connectivity index (χ0v) is 14.8. The first-order valence-electron chi connectivity index (χ1n) is 9.04. The van der Waals surface area contributed by atoms with Crippen molar-refractivity contribution in [1.82, 2.24) is 15.2 Å². The van der Waals surface area contributed by atoms with Gasteiger partial charge in [0.25, 0.3) is 0 Å². The molecule has 2 heterocycles. The summed E-state index contributed by atoms with van der Waals surface area (Å²) in [6.07, 6.45) is 6.64. The number of hydrogen-bond donors (Lipinski definition) is 2. The lowest BCUT2D eigenvalue weighted by molar-refractivity contribution is -0.121. The lowest BCUT2D eigenvalue weighted by Gasteiger charge is -2.33. The number of anilines is 1. The number of pyridine rings is 1. The van der Waals surface area contributed by atoms with Gasteiger partial charge in [0.1, 0.15) is 5.82 Å². The van der Waals surface area contributed by atoms with Crippen molar-refractivity contribution in [2.75, 3.05) is 44.7 Å². The highest BCUT2D eigenvalue weighted by atomic mass is 16.1. The van der Waals surface area contributed by atoms with Crippen LogP contribution in [-0.4, -0.2) is 55.6 Å². The monoisotopic (exact) mass is 333 g/mol. The molecule has 0 atom stereocenters. The van der Waals surface area contributed by atoms with E-state index in [1.807, 2.05) is 6.20 Å². The van der Waals surface area contributed by atoms with Gasteiger partial charge >= 0.3 is 0 Å². The van der Waals surface area contributed by atoms with Gasteiger partial charge in [0.2, 0.25) is 5.91 Å². The molecule has 0 aromatic carbocycles. The Morgan fingerprint density at radius 3 is 2.58 bits per heavy atom. The maximum absolute atomic E-state index is 11.8. The Morgan fingerprint density at radius 2 is 1.92 bits per heavy atom. The molecule has 134 valence electrons. The Kier molecular flexibility index (Phi) is 7.98. The van der Waals surface area contributed by atoms with E-state index in [9.17, 15) is 4.79 Å². The minimum atomic E-state index is 0.117. The number of nitrogens with one attached hydrogen (secondary N) is 1. The normalized spacial score (nSPS) is 15.5. The molecule has 0 aliphatic carbocycles. The van der Waals surface area contributed by atoms with Crippen molar-refractivity contribution in [3.05, 3.63) is 23.9 Å². The Morgan fingerprint density at radius 1 is 1.17 bits per heavy atom. The van der Waals surface area contributed by atoms with Crippen molar-refractivity contribution in [3.8, 4) is 0 Å². The summed E-state index contributed by atoms with van der Waals surface area (Å²) in [6.45, 7) is 5.48. The molecule has 1 aliphatic rings. The molecule has 0 unspecified atom stereocenters. The quantitative estimate of drug-likeness (QED) is 0.668. The van der Waals surface area contributed by atoms with E-state index in [0.29, 0.717) is 13.0 Å². The van der Waals surface area contributed by atoms with Gasteiger partial charge in [-0.1, -0.05) is 18.9 Å². The second kappa shape index (κ2) is 10.3. The van der Waals surface area contributed by atoms with E-state index in [-0.39, 0.29) is 5.91 Å². The van der Waals surface area contributed by atoms with Gasteiger partial charge in [-0.3, -0.25) is 4.79 Å². The predicted molar refractivity (Wildman–Crippen MR) is 97.9 cm³/mol. The summed E-state index contributed by atoms with van der Waals surface area (Å²) in [5.41, 5.74) is 6.50. The van der Waals surface area contributed by atoms with Gasteiger partial charge in [0.05, 0.1) is 0 Å². The van der Waals surface area contributed by atoms with Crippen LogP contribution >= 0.6 is 0 Å². The lowest BCUT2D eigenvalue weighted by Crippen LogP contribution is -2.44. The van der Waals surface area contributed by atoms with Crippen molar-refractivity contribution in [1.29, 1.82) is 0 Å². The fourth-order valence-corrected chi connectivity index (χ4v) is 2.82. The Balaban J connectivity index is 1.67. The van der Waals surface area contributed by atoms with Crippen molar-refractivity contribution in [3.63, 3.8) is 0 Å². The highest BCUT2D eigenvalue weighted by molar-refractivity contribution is 5.75. The van der Waals surface area contributed by atoms with E-state index in [1.54, 1.807) is 0 Å². The fourth-order valence-electron chi connectivity index (χ4n) is 2.82. The van der Waals surface area contributed by atoms with E-state index < -0.39 is 0 Å². The van der Waals surface area contributed by atoms with Gasteiger partial charge in [0, 0.05) is 45.3 Å². The number of aromatic nitrogens is 1. The lowest BCUT2D eigenvalue weighted by atomic mass is 10.1. The van der Waals surface area contributed by atoms with Gasteiger partial charge in [0.15, 0.2) is 0 Å². The molecule has 6 heteroatoms. The minimum Gasteiger partial charge on any atom is -0.354 e. The maximum Gasteiger partial charge on any atom is 0.220 e. The van der Waals surface area contributed by atoms with Crippen LogP contribution in [0.4, 0.5) is 5.82 Å². The molecular formula is C18H31N5O. The van der Waals surface area contributed by atoms with Crippen molar-refractivity contribution in [2.24, 2.45) is 5.73 Å². The first-order valence-corrected chi connectivity index (χ1v) is 9.04. The molecule has 0 saturated carbocycles. The topological polar surface area (TPSA) is 74.5 Å². The highest BCUT2D eigenvalue weighted by Gasteiger charge is 2.14. The summed E-state index contributed by atoms with van der Waals surface area (Å²) < 4.78 is 0. The van der Waals surface area contributed by atoms with Gasteiger partial charge in [-0.05, 0) is 38.1 Å². The third-order valence-electron chi connectivity index (χ3n) is 4.48. The average molecular weight is 333 g/mol. The van der Waals surface area contributed by atoms with E-state index in [1.165, 1.54) is 0 Å². The van der Waals surface area contributed by atoms with Crippen LogP contribution in [-0.2, 0) is 11.3 Å². The molecule has 0 bridgehead atoms. The van der Waals surface area contributed by atoms with Crippen LogP contribution in [0.5, 0.6) is 0 Å². The molecule has 1 aromatic rings. The third kappa shape index (κ3) is 6.45. The number of nitrogens with zero attached hydrogens (tertiary/aromatic N) is 3. The first kappa shape index (κ1) is 18.7. The molecule has 1 amide bonds. The van der Waals surface area contributed by atoms with E-state index in [2.05, 4.69) is 39.3 Å². The molecule has 6 nitrogen and oxygen atoms in total. The molecule has 1 aromatic heterocycles. The van der Waals surface area contributed by atoms with Gasteiger partial charge < -0.3 is 20.9 Å². The Labute approximate surface area is 145 Å². The molecule has 1 aliphatic heterocycles. The highest BCUT2D eigenvalue weighted by Crippen LogP contribution is 2.13. The Hall–Kier alpha value is -1.66. The molecule has 3 N–H and O–H groups in total. The van der Waals surface area contributed by atoms with Crippen LogP contribution in [0.25, 0.3) is 0 Å². The molecule has 0 spiro atoms. The average Bonchev–Trinajstić information content (AvgIpc) is 2.61. The first-order chi connectivity index (χ1) is 11.7. The smallest absolute Gasteiger partial charge is 0.220 e. The van der Waals surface area contributed by atoms with Crippen LogP contribution in [0, 0.1) is 0 Å². The number of piperazine rings is 1. The number of hydrogen-bond acceptors (Lipinski definition) is 5. The summed E-state index contributed by atoms with van der Waals surface area (Å²) in [4.78, 5) is 21.0. The maximum atomic E-state index is 11.8. The number of carbonyl (C=O) groups is 1. The van der Waals surface area contributed by atoms with Crippen LogP contribution < -0.4 is 16.0 Å². The van der Waals surface area contributed by atoms with E-state index >= 15 is 0 Å². The standard InChI is InChI=1S/C18H31N5O/c1-22-10-12-23(13-11-22)17-8-7-16(14-20-17)15-21-18(24)6-4-2-3-5-9-19/h7-8,14H,2-6,9-13,15,19H2,1H3,(H,21,24). The van der Waals surface area contributed by atoms with Gasteiger partial charge in [-0.25, -0.2) is 4.98 Å². The van der Waals surface area contributed by atoms with Crippen LogP contribution in [0.1, 0.15) is 37.7 Å². The predicted octanol–water partition coefficient (Wildman–Crippen LogP) is 1.36. The number of carbonyl (C=O) groups excluding carboxylic acids is 1. The summed E-state index contributed by atoms with van der Waals surface area (Å²) >= 11 is 0. The number of amides is 1.